The maximum atomic E-state index is 12.3. The van der Waals surface area contributed by atoms with Crippen molar-refractivity contribution in [2.24, 2.45) is 17.3 Å². The molecule has 3 rings (SSSR count). The molecule has 0 amide bonds. The zero-order valence-corrected chi connectivity index (χ0v) is 18.0. The second-order valence-corrected chi connectivity index (χ2v) is 6.71. The molecule has 0 aliphatic carbocycles. The van der Waals surface area contributed by atoms with Crippen LogP contribution in [-0.4, -0.2) is 41.2 Å². The summed E-state index contributed by atoms with van der Waals surface area (Å²) in [4.78, 5) is 12.3. The normalized spacial score (nSPS) is 12.0. The molecule has 0 atom stereocenters. The highest BCUT2D eigenvalue weighted by Gasteiger charge is 2.14. The van der Waals surface area contributed by atoms with Crippen molar-refractivity contribution in [1.29, 1.82) is 0 Å². The predicted octanol–water partition coefficient (Wildman–Crippen LogP) is 2.48. The summed E-state index contributed by atoms with van der Waals surface area (Å²) in [6, 6.07) is 7.44. The minimum atomic E-state index is -0.331. The number of hydrogen-bond acceptors (Lipinski definition) is 7. The second-order valence-electron chi connectivity index (χ2n) is 6.71. The first kappa shape index (κ1) is 21.7. The number of nitrogens with zero attached hydrogens (tertiary/aromatic N) is 8. The van der Waals surface area contributed by atoms with Gasteiger partial charge in [0.1, 0.15) is 12.3 Å². The van der Waals surface area contributed by atoms with Crippen molar-refractivity contribution in [3.63, 3.8) is 0 Å². The molecule has 31 heavy (non-hydrogen) atoms. The summed E-state index contributed by atoms with van der Waals surface area (Å²) in [5, 5.41) is 20.5. The molecule has 0 bridgehead atoms. The molecule has 0 unspecified atom stereocenters. The smallest absolute Gasteiger partial charge is 0.368 e. The van der Waals surface area contributed by atoms with E-state index in [1.54, 1.807) is 30.2 Å². The number of tetrazole rings is 1. The van der Waals surface area contributed by atoms with Crippen LogP contribution in [0.15, 0.2) is 57.8 Å². The van der Waals surface area contributed by atoms with Crippen molar-refractivity contribution in [3.8, 4) is 5.69 Å². The maximum absolute atomic E-state index is 12.3. The highest BCUT2D eigenvalue weighted by molar-refractivity contribution is 5.97. The zero-order chi connectivity index (χ0) is 22.4. The van der Waals surface area contributed by atoms with E-state index in [4.69, 9.17) is 4.74 Å². The lowest BCUT2D eigenvalue weighted by atomic mass is 10.1. The highest BCUT2D eigenvalue weighted by atomic mass is 16.5. The Hall–Kier alpha value is -4.04. The Bertz CT molecular complexity index is 1240. The Morgan fingerprint density at radius 1 is 1.29 bits per heavy atom. The molecule has 0 saturated carbocycles. The van der Waals surface area contributed by atoms with E-state index in [0.29, 0.717) is 29.4 Å². The quantitative estimate of drug-likeness (QED) is 0.253. The summed E-state index contributed by atoms with van der Waals surface area (Å²) < 4.78 is 9.94. The monoisotopic (exact) mass is 420 g/mol. The third-order valence-electron chi connectivity index (χ3n) is 4.54. The summed E-state index contributed by atoms with van der Waals surface area (Å²) >= 11 is 0. The molecule has 0 saturated heterocycles. The van der Waals surface area contributed by atoms with Crippen molar-refractivity contribution >= 4 is 17.8 Å². The van der Waals surface area contributed by atoms with Gasteiger partial charge in [0.2, 0.25) is 5.90 Å². The van der Waals surface area contributed by atoms with Gasteiger partial charge in [0, 0.05) is 25.2 Å². The molecule has 2 aromatic heterocycles. The van der Waals surface area contributed by atoms with Gasteiger partial charge in [-0.1, -0.05) is 25.6 Å². The molecule has 3 aromatic rings. The second kappa shape index (κ2) is 9.64. The van der Waals surface area contributed by atoms with Gasteiger partial charge in [-0.3, -0.25) is 0 Å². The van der Waals surface area contributed by atoms with E-state index in [1.807, 2.05) is 39.0 Å². The molecule has 0 N–H and O–H groups in total. The lowest BCUT2D eigenvalue weighted by molar-refractivity contribution is 0.282. The molecule has 1 aromatic carbocycles. The van der Waals surface area contributed by atoms with Crippen molar-refractivity contribution in [2.45, 2.75) is 33.8 Å². The van der Waals surface area contributed by atoms with Crippen LogP contribution in [0.4, 0.5) is 0 Å². The molecule has 10 heteroatoms. The average Bonchev–Trinajstić information content (AvgIpc) is 3.36. The standard InChI is InChI=1S/C21H24N8O2/c1-6-12-28-13-11-18(24-28)16(4)22-23-20(7-2)31-14-17-15(3)9-8-10-19(17)29-21(30)27(5)25-26-29/h8-13H,1,7,14H2,2-5H3/b22-16+,23-20?. The van der Waals surface area contributed by atoms with Gasteiger partial charge in [0.25, 0.3) is 0 Å². The van der Waals surface area contributed by atoms with E-state index >= 15 is 0 Å². The van der Waals surface area contributed by atoms with Gasteiger partial charge in [-0.2, -0.15) is 19.6 Å². The Balaban J connectivity index is 1.81. The van der Waals surface area contributed by atoms with Crippen LogP contribution in [0, 0.1) is 6.92 Å². The minimum Gasteiger partial charge on any atom is -0.475 e. The van der Waals surface area contributed by atoms with Crippen LogP contribution in [-0.2, 0) is 18.4 Å². The Morgan fingerprint density at radius 3 is 2.77 bits per heavy atom. The zero-order valence-electron chi connectivity index (χ0n) is 18.0. The first-order valence-corrected chi connectivity index (χ1v) is 9.67. The van der Waals surface area contributed by atoms with Crippen LogP contribution < -0.4 is 5.69 Å². The first-order valence-electron chi connectivity index (χ1n) is 9.67. The third-order valence-corrected chi connectivity index (χ3v) is 4.54. The molecule has 0 fully saturated rings. The van der Waals surface area contributed by atoms with Gasteiger partial charge in [-0.25, -0.2) is 9.48 Å². The molecule has 0 aliphatic rings. The molecule has 0 spiro atoms. The number of hydrogen-bond donors (Lipinski definition) is 0. The van der Waals surface area contributed by atoms with Crippen molar-refractivity contribution in [2.75, 3.05) is 0 Å². The van der Waals surface area contributed by atoms with Crippen LogP contribution in [0.1, 0.15) is 37.1 Å². The largest absolute Gasteiger partial charge is 0.475 e. The fraction of sp³-hybridized carbons (Fsp3) is 0.286. The minimum absolute atomic E-state index is 0.213. The SMILES string of the molecule is C=C=Cn1ccc(/C(C)=N/N=C(CC)OCc2c(C)cccc2-n2nnn(C)c2=O)n1. The molecule has 2 heterocycles. The van der Waals surface area contributed by atoms with Gasteiger partial charge in [-0.15, -0.1) is 10.8 Å². The summed E-state index contributed by atoms with van der Waals surface area (Å²) in [7, 11) is 1.55. The van der Waals surface area contributed by atoms with Gasteiger partial charge >= 0.3 is 5.69 Å². The van der Waals surface area contributed by atoms with E-state index in [1.165, 1.54) is 9.36 Å². The lowest BCUT2D eigenvalue weighted by Gasteiger charge is -2.13. The predicted molar refractivity (Wildman–Crippen MR) is 118 cm³/mol. The third kappa shape index (κ3) is 4.93. The summed E-state index contributed by atoms with van der Waals surface area (Å²) in [5.74, 6) is 0.463. The van der Waals surface area contributed by atoms with Crippen molar-refractivity contribution in [3.05, 3.63) is 70.1 Å². The average molecular weight is 420 g/mol. The van der Waals surface area contributed by atoms with E-state index in [0.717, 1.165) is 11.1 Å². The van der Waals surface area contributed by atoms with Gasteiger partial charge < -0.3 is 4.74 Å². The van der Waals surface area contributed by atoms with Crippen LogP contribution >= 0.6 is 0 Å². The van der Waals surface area contributed by atoms with Crippen molar-refractivity contribution in [1.82, 2.24) is 29.6 Å². The topological polar surface area (TPSA) is 104 Å². The van der Waals surface area contributed by atoms with Crippen LogP contribution in [0.2, 0.25) is 0 Å². The number of aryl methyl sites for hydroxylation is 2. The fourth-order valence-electron chi connectivity index (χ4n) is 2.77. The summed E-state index contributed by atoms with van der Waals surface area (Å²) in [6.07, 6.45) is 3.95. The van der Waals surface area contributed by atoms with Gasteiger partial charge in [0.05, 0.1) is 17.6 Å². The summed E-state index contributed by atoms with van der Waals surface area (Å²) in [5.41, 5.74) is 6.07. The van der Waals surface area contributed by atoms with E-state index < -0.39 is 0 Å². The molecular weight excluding hydrogens is 396 g/mol. The summed E-state index contributed by atoms with van der Waals surface area (Å²) in [6.45, 7) is 9.44. The molecule has 0 radical (unpaired) electrons. The Morgan fingerprint density at radius 2 is 2.10 bits per heavy atom. The Kier molecular flexibility index (Phi) is 6.74. The Labute approximate surface area is 179 Å². The molecule has 10 nitrogen and oxygen atoms in total. The first-order chi connectivity index (χ1) is 14.9. The van der Waals surface area contributed by atoms with Crippen molar-refractivity contribution < 1.29 is 4.74 Å². The van der Waals surface area contributed by atoms with Crippen LogP contribution in [0.3, 0.4) is 0 Å². The van der Waals surface area contributed by atoms with E-state index in [-0.39, 0.29) is 12.3 Å². The number of aromatic nitrogens is 6. The molecule has 0 aliphatic heterocycles. The fourth-order valence-corrected chi connectivity index (χ4v) is 2.77. The lowest BCUT2D eigenvalue weighted by Crippen LogP contribution is -2.23. The van der Waals surface area contributed by atoms with Crippen LogP contribution in [0.5, 0.6) is 0 Å². The van der Waals surface area contributed by atoms with Gasteiger partial charge in [0.15, 0.2) is 0 Å². The molecule has 160 valence electrons. The number of benzene rings is 1. The number of ether oxygens (including phenoxy) is 1. The highest BCUT2D eigenvalue weighted by Crippen LogP contribution is 2.18. The van der Waals surface area contributed by atoms with Crippen LogP contribution in [0.25, 0.3) is 11.9 Å². The number of rotatable bonds is 7. The van der Waals surface area contributed by atoms with Gasteiger partial charge in [-0.05, 0) is 42.0 Å². The van der Waals surface area contributed by atoms with E-state index in [2.05, 4.69) is 38.0 Å². The molecular formula is C21H24N8O2. The maximum Gasteiger partial charge on any atom is 0.368 e. The van der Waals surface area contributed by atoms with E-state index in [9.17, 15) is 4.79 Å².